The van der Waals surface area contributed by atoms with Crippen LogP contribution in [0.5, 0.6) is 11.5 Å². The van der Waals surface area contributed by atoms with E-state index in [0.717, 1.165) is 27.5 Å². The lowest BCUT2D eigenvalue weighted by Crippen LogP contribution is -2.42. The van der Waals surface area contributed by atoms with E-state index >= 15 is 0 Å². The molecule has 3 heterocycles. The second kappa shape index (κ2) is 11.4. The minimum absolute atomic E-state index is 0.00933. The summed E-state index contributed by atoms with van der Waals surface area (Å²) < 4.78 is 24.8. The van der Waals surface area contributed by atoms with Crippen molar-refractivity contribution in [2.45, 2.75) is 29.5 Å². The average Bonchev–Trinajstić information content (AvgIpc) is 3.80. The smallest absolute Gasteiger partial charge is 0.305 e. The second-order valence-corrected chi connectivity index (χ2v) is 14.8. The van der Waals surface area contributed by atoms with Gasteiger partial charge in [0, 0.05) is 21.7 Å². The quantitative estimate of drug-likeness (QED) is 0.246. The van der Waals surface area contributed by atoms with E-state index in [0.29, 0.717) is 22.9 Å². The number of hydrogen-bond donors (Lipinski definition) is 2. The fraction of sp³-hybridized carbons (Fsp3) is 0.314. The Labute approximate surface area is 277 Å². The molecule has 0 unspecified atom stereocenters. The first kappa shape index (κ1) is 29.9. The fourth-order valence-electron chi connectivity index (χ4n) is 8.21. The van der Waals surface area contributed by atoms with Crippen LogP contribution in [0.4, 0.5) is 15.8 Å². The topological polar surface area (TPSA) is 118 Å². The van der Waals surface area contributed by atoms with Crippen LogP contribution in [0.1, 0.15) is 28.3 Å². The van der Waals surface area contributed by atoms with Crippen LogP contribution in [0.25, 0.3) is 0 Å². The van der Waals surface area contributed by atoms with Crippen molar-refractivity contribution in [3.8, 4) is 11.5 Å². The van der Waals surface area contributed by atoms with Crippen LogP contribution < -0.4 is 24.6 Å². The molecule has 3 amide bonds. The maximum atomic E-state index is 14.0. The Morgan fingerprint density at radius 3 is 2.43 bits per heavy atom. The number of thiazole rings is 1. The van der Waals surface area contributed by atoms with Crippen LogP contribution in [0, 0.1) is 42.3 Å². The van der Waals surface area contributed by atoms with Gasteiger partial charge in [-0.3, -0.25) is 24.1 Å². The van der Waals surface area contributed by atoms with Crippen molar-refractivity contribution >= 4 is 52.2 Å². The Balaban J connectivity index is 1.09. The van der Waals surface area contributed by atoms with Gasteiger partial charge in [-0.1, -0.05) is 35.1 Å². The first-order valence-corrected chi connectivity index (χ1v) is 17.1. The summed E-state index contributed by atoms with van der Waals surface area (Å²) >= 11 is 2.82. The molecular formula is C35H30FN3O6S2. The van der Waals surface area contributed by atoms with E-state index < -0.39 is 17.6 Å². The van der Waals surface area contributed by atoms with Gasteiger partial charge in [0.25, 0.3) is 5.91 Å². The van der Waals surface area contributed by atoms with Crippen LogP contribution in [-0.4, -0.2) is 41.7 Å². The first-order chi connectivity index (χ1) is 22.7. The summed E-state index contributed by atoms with van der Waals surface area (Å²) in [5, 5.41) is 3.54. The molecule has 9 nitrogen and oxygen atoms in total. The molecule has 240 valence electrons. The summed E-state index contributed by atoms with van der Waals surface area (Å²) in [6, 6.07) is 18.5. The van der Waals surface area contributed by atoms with Gasteiger partial charge >= 0.3 is 4.87 Å². The number of nitrogens with zero attached hydrogens (tertiary/aromatic N) is 1. The highest BCUT2D eigenvalue weighted by Gasteiger charge is 2.69. The van der Waals surface area contributed by atoms with E-state index in [9.17, 15) is 23.6 Å². The molecule has 2 saturated carbocycles. The van der Waals surface area contributed by atoms with Gasteiger partial charge in [-0.15, -0.1) is 11.8 Å². The fourth-order valence-corrected chi connectivity index (χ4v) is 11.1. The van der Waals surface area contributed by atoms with Crippen molar-refractivity contribution in [2.24, 2.45) is 29.6 Å². The molecule has 4 aliphatic rings. The van der Waals surface area contributed by atoms with Gasteiger partial charge in [0.1, 0.15) is 5.82 Å². The number of aryl methyl sites for hydroxylation is 1. The molecule has 0 radical (unpaired) electrons. The van der Waals surface area contributed by atoms with Gasteiger partial charge in [0.05, 0.1) is 29.7 Å². The number of hydrogen-bond acceptors (Lipinski definition) is 8. The summed E-state index contributed by atoms with van der Waals surface area (Å²) in [6.45, 7) is 1.68. The number of nitrogens with one attached hydrogen (secondary N) is 2. The molecule has 2 aliphatic heterocycles. The molecule has 1 saturated heterocycles. The van der Waals surface area contributed by atoms with Crippen LogP contribution in [0.2, 0.25) is 0 Å². The number of ether oxygens (including phenoxy) is 2. The molecule has 1 aromatic heterocycles. The second-order valence-electron chi connectivity index (χ2n) is 12.6. The lowest BCUT2D eigenvalue weighted by atomic mass is 9.68. The number of halogens is 1. The zero-order chi connectivity index (χ0) is 32.6. The number of thioether (sulfide) groups is 1. The van der Waals surface area contributed by atoms with Crippen molar-refractivity contribution in [1.82, 2.24) is 4.98 Å². The molecule has 0 spiro atoms. The zero-order valence-electron chi connectivity index (χ0n) is 25.4. The number of H-pyrrole nitrogens is 1. The van der Waals surface area contributed by atoms with Gasteiger partial charge in [-0.2, -0.15) is 0 Å². The molecule has 7 atom stereocenters. The van der Waals surface area contributed by atoms with E-state index in [1.165, 1.54) is 47.6 Å². The van der Waals surface area contributed by atoms with Gasteiger partial charge in [-0.05, 0) is 85.2 Å². The normalized spacial score (nSPS) is 27.0. The first-order valence-electron chi connectivity index (χ1n) is 15.4. The number of carbonyl (C=O) groups is 3. The predicted molar refractivity (Wildman–Crippen MR) is 176 cm³/mol. The maximum absolute atomic E-state index is 14.0. The van der Waals surface area contributed by atoms with E-state index in [1.807, 2.05) is 43.3 Å². The van der Waals surface area contributed by atoms with Crippen LogP contribution in [0.3, 0.4) is 0 Å². The highest BCUT2D eigenvalue weighted by molar-refractivity contribution is 8.00. The Morgan fingerprint density at radius 2 is 1.70 bits per heavy atom. The highest BCUT2D eigenvalue weighted by Crippen LogP contribution is 2.68. The van der Waals surface area contributed by atoms with Gasteiger partial charge in [0.15, 0.2) is 18.1 Å². The van der Waals surface area contributed by atoms with Crippen molar-refractivity contribution in [3.05, 3.63) is 98.2 Å². The van der Waals surface area contributed by atoms with E-state index in [2.05, 4.69) is 10.3 Å². The molecule has 3 fully saturated rings. The average molecular weight is 672 g/mol. The maximum Gasteiger partial charge on any atom is 0.305 e. The predicted octanol–water partition coefficient (Wildman–Crippen LogP) is 5.59. The van der Waals surface area contributed by atoms with Crippen LogP contribution in [-0.2, 0) is 14.4 Å². The third-order valence-corrected chi connectivity index (χ3v) is 12.6. The van der Waals surface area contributed by atoms with Crippen molar-refractivity contribution in [3.63, 3.8) is 0 Å². The largest absolute Gasteiger partial charge is 0.493 e. The van der Waals surface area contributed by atoms with E-state index in [-0.39, 0.29) is 58.1 Å². The minimum atomic E-state index is -0.413. The Hall–Kier alpha value is -4.42. The lowest BCUT2D eigenvalue weighted by Gasteiger charge is -2.43. The number of aromatic amines is 1. The molecule has 2 bridgehead atoms. The number of imide groups is 1. The van der Waals surface area contributed by atoms with Gasteiger partial charge < -0.3 is 19.8 Å². The molecule has 47 heavy (non-hydrogen) atoms. The van der Waals surface area contributed by atoms with E-state index in [1.54, 1.807) is 17.8 Å². The molecule has 4 aromatic rings. The number of fused-ring (bicyclic) bond motifs is 9. The SMILES string of the molecule is COc1cc([C@@H]2c3sc(=O)[nH]c3S[C@@H]3[C@@H]4C[C@@H]([C@@H]5C(=O)N(c6ccc(C)cc6)C(=O)[C@@H]45)[C@H]23)ccc1OCC(=O)Nc1ccc(F)cc1. The van der Waals surface area contributed by atoms with Crippen LogP contribution in [0.15, 0.2) is 76.6 Å². The summed E-state index contributed by atoms with van der Waals surface area (Å²) in [5.74, 6) is -1.24. The lowest BCUT2D eigenvalue weighted by molar-refractivity contribution is -0.123. The Bertz CT molecular complexity index is 1980. The number of rotatable bonds is 7. The summed E-state index contributed by atoms with van der Waals surface area (Å²) in [6.07, 6.45) is 0.786. The molecule has 2 aliphatic carbocycles. The van der Waals surface area contributed by atoms with Gasteiger partial charge in [0.2, 0.25) is 11.8 Å². The third-order valence-electron chi connectivity index (χ3n) is 10.0. The molecule has 3 aromatic carbocycles. The molecular weight excluding hydrogens is 642 g/mol. The Kier molecular flexibility index (Phi) is 7.25. The minimum Gasteiger partial charge on any atom is -0.493 e. The van der Waals surface area contributed by atoms with Crippen molar-refractivity contribution in [2.75, 3.05) is 23.9 Å². The molecule has 8 rings (SSSR count). The number of carbonyl (C=O) groups excluding carboxylic acids is 3. The number of methoxy groups -OCH3 is 1. The zero-order valence-corrected chi connectivity index (χ0v) is 27.0. The third kappa shape index (κ3) is 4.88. The van der Waals surface area contributed by atoms with Crippen molar-refractivity contribution < 1.29 is 28.2 Å². The molecule has 12 heteroatoms. The molecule has 2 N–H and O–H groups in total. The number of anilines is 2. The monoisotopic (exact) mass is 671 g/mol. The summed E-state index contributed by atoms with van der Waals surface area (Å²) in [7, 11) is 1.52. The number of benzene rings is 3. The summed E-state index contributed by atoms with van der Waals surface area (Å²) in [5.41, 5.74) is 3.03. The number of amides is 3. The van der Waals surface area contributed by atoms with E-state index in [4.69, 9.17) is 9.47 Å². The summed E-state index contributed by atoms with van der Waals surface area (Å²) in [4.78, 5) is 58.3. The standard InChI is InChI=1S/C35H30FN3O6S2/c1-16-3-10-20(11-4-16)39-33(41)28-21-14-22(29(28)34(39)42)30-27(21)26(31-32(46-30)38-35(43)47-31)17-5-12-23(24(13-17)44-2)45-15-25(40)37-19-8-6-18(36)7-9-19/h3-13,21-22,26-30H,14-15H2,1-2H3,(H,37,40)(H,38,43)/t21-,22-,26+,27-,28+,29+,30-/m1/s1. The number of aromatic nitrogens is 1. The Morgan fingerprint density at radius 1 is 0.979 bits per heavy atom. The van der Waals surface area contributed by atoms with Gasteiger partial charge in [-0.25, -0.2) is 4.39 Å². The van der Waals surface area contributed by atoms with Crippen molar-refractivity contribution in [1.29, 1.82) is 0 Å². The van der Waals surface area contributed by atoms with Crippen LogP contribution >= 0.6 is 23.1 Å². The highest BCUT2D eigenvalue weighted by atomic mass is 32.2.